The Morgan fingerprint density at radius 2 is 2.08 bits per heavy atom. The van der Waals surface area contributed by atoms with E-state index in [-0.39, 0.29) is 0 Å². The first-order valence-electron chi connectivity index (χ1n) is 3.67. The number of alkyl halides is 1. The fraction of sp³-hybridized carbons (Fsp3) is 0.250. The van der Waals surface area contributed by atoms with Gasteiger partial charge >= 0.3 is 0 Å². The van der Waals surface area contributed by atoms with Crippen molar-refractivity contribution in [1.82, 2.24) is 10.3 Å². The van der Waals surface area contributed by atoms with Gasteiger partial charge in [-0.15, -0.1) is 0 Å². The van der Waals surface area contributed by atoms with Gasteiger partial charge in [-0.3, -0.25) is 0 Å². The van der Waals surface area contributed by atoms with Gasteiger partial charge in [-0.2, -0.15) is 0 Å². The minimum atomic E-state index is 0.813. The van der Waals surface area contributed by atoms with Crippen molar-refractivity contribution < 1.29 is 4.63 Å². The highest BCUT2D eigenvalue weighted by Gasteiger charge is 2.00. The van der Waals surface area contributed by atoms with E-state index in [0.29, 0.717) is 0 Å². The van der Waals surface area contributed by atoms with E-state index in [1.165, 1.54) is 5.56 Å². The predicted molar refractivity (Wildman–Crippen MR) is 49.3 cm³/mol. The van der Waals surface area contributed by atoms with Crippen molar-refractivity contribution in [1.29, 1.82) is 0 Å². The minimum absolute atomic E-state index is 0.813. The van der Waals surface area contributed by atoms with E-state index in [4.69, 9.17) is 0 Å². The van der Waals surface area contributed by atoms with Gasteiger partial charge in [0.25, 0.3) is 0 Å². The van der Waals surface area contributed by atoms with Crippen LogP contribution >= 0.6 is 15.9 Å². The van der Waals surface area contributed by atoms with Crippen LogP contribution in [-0.4, -0.2) is 15.6 Å². The second-order valence-corrected chi connectivity index (χ2v) is 3.32. The first-order chi connectivity index (χ1) is 5.90. The summed E-state index contributed by atoms with van der Waals surface area (Å²) in [6.07, 6.45) is 1.00. The van der Waals surface area contributed by atoms with Crippen LogP contribution in [0.5, 0.6) is 0 Å². The maximum atomic E-state index is 4.59. The Hall–Kier alpha value is -0.900. The third-order valence-corrected chi connectivity index (χ3v) is 2.10. The molecule has 0 saturated heterocycles. The van der Waals surface area contributed by atoms with Crippen molar-refractivity contribution in [2.24, 2.45) is 0 Å². The minimum Gasteiger partial charge on any atom is -0.243 e. The predicted octanol–water partition coefficient (Wildman–Crippen LogP) is 2.16. The molecule has 0 spiro atoms. The maximum absolute atomic E-state index is 4.59. The van der Waals surface area contributed by atoms with E-state index in [2.05, 4.69) is 30.9 Å². The van der Waals surface area contributed by atoms with Crippen LogP contribution in [-0.2, 0) is 6.42 Å². The molecule has 4 heteroatoms. The molecule has 0 fully saturated rings. The van der Waals surface area contributed by atoms with E-state index in [1.807, 2.05) is 18.2 Å². The van der Waals surface area contributed by atoms with E-state index in [0.717, 1.165) is 22.8 Å². The molecule has 0 radical (unpaired) electrons. The Kier molecular flexibility index (Phi) is 2.08. The Balaban J connectivity index is 2.46. The largest absolute Gasteiger partial charge is 0.243 e. The summed E-state index contributed by atoms with van der Waals surface area (Å²) in [4.78, 5) is 0. The summed E-state index contributed by atoms with van der Waals surface area (Å²) < 4.78 is 4.59. The summed E-state index contributed by atoms with van der Waals surface area (Å²) in [6.45, 7) is 0. The molecule has 0 N–H and O–H groups in total. The molecule has 0 aliphatic heterocycles. The van der Waals surface area contributed by atoms with Gasteiger partial charge < -0.3 is 0 Å². The number of aryl methyl sites for hydroxylation is 1. The molecule has 3 nitrogen and oxygen atoms in total. The van der Waals surface area contributed by atoms with Gasteiger partial charge in [-0.25, -0.2) is 4.63 Å². The zero-order valence-corrected chi connectivity index (χ0v) is 7.91. The molecule has 0 unspecified atom stereocenters. The normalized spacial score (nSPS) is 10.8. The monoisotopic (exact) mass is 226 g/mol. The molecule has 0 bridgehead atoms. The van der Waals surface area contributed by atoms with E-state index in [1.54, 1.807) is 0 Å². The molecule has 0 saturated carbocycles. The number of rotatable bonds is 2. The number of fused-ring (bicyclic) bond motifs is 1. The molecule has 62 valence electrons. The van der Waals surface area contributed by atoms with Gasteiger partial charge in [0, 0.05) is 5.33 Å². The SMILES string of the molecule is BrCCc1ccc2nonc2c1. The van der Waals surface area contributed by atoms with Crippen LogP contribution < -0.4 is 0 Å². The van der Waals surface area contributed by atoms with E-state index < -0.39 is 0 Å². The van der Waals surface area contributed by atoms with Crippen molar-refractivity contribution in [2.45, 2.75) is 6.42 Å². The average Bonchev–Trinajstić information content (AvgIpc) is 2.51. The Bertz CT molecular complexity index is 385. The molecule has 0 atom stereocenters. The first kappa shape index (κ1) is 7.73. The van der Waals surface area contributed by atoms with Gasteiger partial charge in [-0.05, 0) is 34.4 Å². The summed E-state index contributed by atoms with van der Waals surface area (Å²) in [6, 6.07) is 5.95. The fourth-order valence-electron chi connectivity index (χ4n) is 1.09. The second kappa shape index (κ2) is 3.23. The molecule has 2 rings (SSSR count). The molecule has 1 aromatic heterocycles. The lowest BCUT2D eigenvalue weighted by atomic mass is 10.1. The second-order valence-electron chi connectivity index (χ2n) is 2.53. The van der Waals surface area contributed by atoms with Gasteiger partial charge in [-0.1, -0.05) is 22.0 Å². The molecule has 1 heterocycles. The van der Waals surface area contributed by atoms with Crippen LogP contribution in [0, 0.1) is 0 Å². The molecule has 1 aromatic carbocycles. The summed E-state index contributed by atoms with van der Waals surface area (Å²) in [5, 5.41) is 8.44. The average molecular weight is 227 g/mol. The number of benzene rings is 1. The molecular weight excluding hydrogens is 220 g/mol. The molecule has 0 amide bonds. The van der Waals surface area contributed by atoms with Gasteiger partial charge in [0.2, 0.25) is 0 Å². The van der Waals surface area contributed by atoms with Crippen molar-refractivity contribution in [3.8, 4) is 0 Å². The lowest BCUT2D eigenvalue weighted by molar-refractivity contribution is 0.315. The van der Waals surface area contributed by atoms with Gasteiger partial charge in [0.1, 0.15) is 11.0 Å². The van der Waals surface area contributed by atoms with Crippen molar-refractivity contribution in [2.75, 3.05) is 5.33 Å². The van der Waals surface area contributed by atoms with E-state index in [9.17, 15) is 0 Å². The Labute approximate surface area is 77.8 Å². The topological polar surface area (TPSA) is 38.9 Å². The molecule has 0 aliphatic rings. The Morgan fingerprint density at radius 1 is 1.25 bits per heavy atom. The van der Waals surface area contributed by atoms with Crippen LogP contribution in [0.25, 0.3) is 11.0 Å². The summed E-state index contributed by atoms with van der Waals surface area (Å²) in [5.41, 5.74) is 2.89. The fourth-order valence-corrected chi connectivity index (χ4v) is 1.55. The highest BCUT2D eigenvalue weighted by molar-refractivity contribution is 9.09. The standard InChI is InChI=1S/C8H7BrN2O/c9-4-3-6-1-2-7-8(5-6)11-12-10-7/h1-2,5H,3-4H2. The zero-order chi connectivity index (χ0) is 8.39. The smallest absolute Gasteiger partial charge is 0.135 e. The maximum Gasteiger partial charge on any atom is 0.135 e. The highest BCUT2D eigenvalue weighted by Crippen LogP contribution is 2.12. The molecular formula is C8H7BrN2O. The lowest BCUT2D eigenvalue weighted by Gasteiger charge is -1.94. The van der Waals surface area contributed by atoms with Crippen LogP contribution in [0.3, 0.4) is 0 Å². The van der Waals surface area contributed by atoms with Crippen molar-refractivity contribution >= 4 is 27.0 Å². The van der Waals surface area contributed by atoms with E-state index >= 15 is 0 Å². The highest BCUT2D eigenvalue weighted by atomic mass is 79.9. The number of hydrogen-bond acceptors (Lipinski definition) is 3. The molecule has 12 heavy (non-hydrogen) atoms. The lowest BCUT2D eigenvalue weighted by Crippen LogP contribution is -1.84. The van der Waals surface area contributed by atoms with Crippen molar-refractivity contribution in [3.05, 3.63) is 23.8 Å². The summed E-state index contributed by atoms with van der Waals surface area (Å²) in [7, 11) is 0. The number of nitrogens with zero attached hydrogens (tertiary/aromatic N) is 2. The van der Waals surface area contributed by atoms with Crippen LogP contribution in [0.2, 0.25) is 0 Å². The Morgan fingerprint density at radius 3 is 2.92 bits per heavy atom. The van der Waals surface area contributed by atoms with Gasteiger partial charge in [0.15, 0.2) is 0 Å². The summed E-state index contributed by atoms with van der Waals surface area (Å²) >= 11 is 3.38. The zero-order valence-electron chi connectivity index (χ0n) is 6.33. The third-order valence-electron chi connectivity index (χ3n) is 1.70. The van der Waals surface area contributed by atoms with Gasteiger partial charge in [0.05, 0.1) is 0 Å². The molecule has 0 aliphatic carbocycles. The molecule has 2 aromatic rings. The number of aromatic nitrogens is 2. The quantitative estimate of drug-likeness (QED) is 0.738. The first-order valence-corrected chi connectivity index (χ1v) is 4.79. The number of hydrogen-bond donors (Lipinski definition) is 0. The van der Waals surface area contributed by atoms with Crippen molar-refractivity contribution in [3.63, 3.8) is 0 Å². The summed E-state index contributed by atoms with van der Waals surface area (Å²) in [5.74, 6) is 0. The van der Waals surface area contributed by atoms with Crippen LogP contribution in [0.4, 0.5) is 0 Å². The van der Waals surface area contributed by atoms with Crippen LogP contribution in [0.15, 0.2) is 22.8 Å². The number of halogens is 1. The van der Waals surface area contributed by atoms with Crippen LogP contribution in [0.1, 0.15) is 5.56 Å². The third kappa shape index (κ3) is 1.34.